The Kier molecular flexibility index (Phi) is 3.22. The maximum absolute atomic E-state index is 11.7. The molecular formula is C18H27NO. The molecule has 1 unspecified atom stereocenters. The maximum Gasteiger partial charge on any atom is 0.0981 e. The van der Waals surface area contributed by atoms with Crippen LogP contribution in [0.3, 0.4) is 0 Å². The molecule has 2 aliphatic rings. The van der Waals surface area contributed by atoms with Crippen molar-refractivity contribution in [3.05, 3.63) is 34.9 Å². The predicted molar refractivity (Wildman–Crippen MR) is 82.8 cm³/mol. The molecule has 0 radical (unpaired) electrons. The Morgan fingerprint density at radius 2 is 1.85 bits per heavy atom. The van der Waals surface area contributed by atoms with Gasteiger partial charge in [0.2, 0.25) is 0 Å². The van der Waals surface area contributed by atoms with Crippen LogP contribution in [0.5, 0.6) is 0 Å². The third kappa shape index (κ3) is 1.93. The Morgan fingerprint density at radius 3 is 2.50 bits per heavy atom. The van der Waals surface area contributed by atoms with Gasteiger partial charge in [0.1, 0.15) is 0 Å². The van der Waals surface area contributed by atoms with E-state index in [2.05, 4.69) is 50.9 Å². The van der Waals surface area contributed by atoms with Crippen molar-refractivity contribution in [3.63, 3.8) is 0 Å². The number of benzene rings is 1. The number of nitrogens with zero attached hydrogens (tertiary/aromatic N) is 1. The first-order valence-corrected chi connectivity index (χ1v) is 7.85. The van der Waals surface area contributed by atoms with Crippen molar-refractivity contribution in [3.8, 4) is 0 Å². The maximum atomic E-state index is 11.7. The largest absolute Gasteiger partial charge is 0.384 e. The molecule has 0 saturated carbocycles. The molecule has 2 nitrogen and oxygen atoms in total. The van der Waals surface area contributed by atoms with Gasteiger partial charge < -0.3 is 10.0 Å². The fourth-order valence-electron chi connectivity index (χ4n) is 4.41. The van der Waals surface area contributed by atoms with Gasteiger partial charge in [0.25, 0.3) is 0 Å². The van der Waals surface area contributed by atoms with E-state index in [1.54, 1.807) is 0 Å². The number of likely N-dealkylation sites (tertiary alicyclic amines) is 1. The van der Waals surface area contributed by atoms with Gasteiger partial charge in [-0.2, -0.15) is 0 Å². The second-order valence-electron chi connectivity index (χ2n) is 7.57. The predicted octanol–water partition coefficient (Wildman–Crippen LogP) is 3.11. The number of aliphatic hydroxyl groups is 1. The van der Waals surface area contributed by atoms with Gasteiger partial charge in [-0.05, 0) is 63.4 Å². The molecular weight excluding hydrogens is 246 g/mol. The smallest absolute Gasteiger partial charge is 0.0981 e. The fraction of sp³-hybridized carbons (Fsp3) is 0.667. The molecule has 3 rings (SSSR count). The lowest BCUT2D eigenvalue weighted by Gasteiger charge is -2.46. The van der Waals surface area contributed by atoms with Gasteiger partial charge in [0.05, 0.1) is 5.60 Å². The molecule has 0 spiro atoms. The van der Waals surface area contributed by atoms with Crippen molar-refractivity contribution >= 4 is 0 Å². The standard InChI is InChI=1S/C18H27NO/c1-13-5-6-16-14(11-13)12-17(2,3)18(16,20)15-7-9-19(4)10-8-15/h5-6,11,15,20H,7-10,12H2,1-4H3. The summed E-state index contributed by atoms with van der Waals surface area (Å²) in [5.41, 5.74) is 3.13. The van der Waals surface area contributed by atoms with Crippen LogP contribution in [-0.4, -0.2) is 30.1 Å². The topological polar surface area (TPSA) is 23.5 Å². The number of piperidine rings is 1. The van der Waals surface area contributed by atoms with E-state index in [4.69, 9.17) is 0 Å². The number of rotatable bonds is 1. The summed E-state index contributed by atoms with van der Waals surface area (Å²) in [5, 5.41) is 11.7. The third-order valence-electron chi connectivity index (χ3n) is 5.64. The van der Waals surface area contributed by atoms with E-state index < -0.39 is 5.60 Å². The Labute approximate surface area is 122 Å². The molecule has 0 amide bonds. The lowest BCUT2D eigenvalue weighted by atomic mass is 9.65. The molecule has 20 heavy (non-hydrogen) atoms. The lowest BCUT2D eigenvalue weighted by molar-refractivity contribution is -0.121. The molecule has 1 aromatic carbocycles. The summed E-state index contributed by atoms with van der Waals surface area (Å²) in [5.74, 6) is 0.387. The summed E-state index contributed by atoms with van der Waals surface area (Å²) in [6.45, 7) is 8.82. The second kappa shape index (κ2) is 4.57. The first-order chi connectivity index (χ1) is 9.34. The van der Waals surface area contributed by atoms with Crippen molar-refractivity contribution in [1.82, 2.24) is 4.90 Å². The van der Waals surface area contributed by atoms with Crippen LogP contribution >= 0.6 is 0 Å². The lowest BCUT2D eigenvalue weighted by Crippen LogP contribution is -2.49. The Morgan fingerprint density at radius 1 is 1.20 bits per heavy atom. The normalized spacial score (nSPS) is 30.4. The molecule has 2 heteroatoms. The third-order valence-corrected chi connectivity index (χ3v) is 5.64. The fourth-order valence-corrected chi connectivity index (χ4v) is 4.41. The molecule has 110 valence electrons. The zero-order chi connectivity index (χ0) is 14.5. The highest BCUT2D eigenvalue weighted by Gasteiger charge is 2.55. The number of aryl methyl sites for hydroxylation is 1. The second-order valence-corrected chi connectivity index (χ2v) is 7.57. The summed E-state index contributed by atoms with van der Waals surface area (Å²) in [6.07, 6.45) is 3.19. The molecule has 1 N–H and O–H groups in total. The van der Waals surface area contributed by atoms with Crippen LogP contribution in [-0.2, 0) is 12.0 Å². The van der Waals surface area contributed by atoms with Gasteiger partial charge >= 0.3 is 0 Å². The highest BCUT2D eigenvalue weighted by atomic mass is 16.3. The van der Waals surface area contributed by atoms with E-state index in [1.165, 1.54) is 16.7 Å². The van der Waals surface area contributed by atoms with Crippen molar-refractivity contribution in [2.24, 2.45) is 11.3 Å². The molecule has 1 atom stereocenters. The Hall–Kier alpha value is -0.860. The van der Waals surface area contributed by atoms with Gasteiger partial charge in [0, 0.05) is 5.41 Å². The van der Waals surface area contributed by atoms with Crippen LogP contribution < -0.4 is 0 Å². The average molecular weight is 273 g/mol. The van der Waals surface area contributed by atoms with Gasteiger partial charge in [-0.1, -0.05) is 37.6 Å². The van der Waals surface area contributed by atoms with E-state index in [-0.39, 0.29) is 5.41 Å². The van der Waals surface area contributed by atoms with Crippen LogP contribution in [0.1, 0.15) is 43.4 Å². The Bertz CT molecular complexity index is 514. The molecule has 1 fully saturated rings. The van der Waals surface area contributed by atoms with Crippen molar-refractivity contribution < 1.29 is 5.11 Å². The zero-order valence-corrected chi connectivity index (χ0v) is 13.2. The van der Waals surface area contributed by atoms with Crippen LogP contribution in [0.4, 0.5) is 0 Å². The molecule has 1 saturated heterocycles. The minimum absolute atomic E-state index is 0.0658. The van der Waals surface area contributed by atoms with Crippen molar-refractivity contribution in [2.45, 2.75) is 45.6 Å². The minimum Gasteiger partial charge on any atom is -0.384 e. The highest BCUT2D eigenvalue weighted by Crippen LogP contribution is 2.56. The Balaban J connectivity index is 2.02. The van der Waals surface area contributed by atoms with Crippen molar-refractivity contribution in [2.75, 3.05) is 20.1 Å². The summed E-state index contributed by atoms with van der Waals surface area (Å²) in [4.78, 5) is 2.37. The molecule has 1 aliphatic heterocycles. The summed E-state index contributed by atoms with van der Waals surface area (Å²) >= 11 is 0. The first-order valence-electron chi connectivity index (χ1n) is 7.85. The molecule has 1 aliphatic carbocycles. The molecule has 0 bridgehead atoms. The average Bonchev–Trinajstić information content (AvgIpc) is 2.57. The van der Waals surface area contributed by atoms with Gasteiger partial charge in [0.15, 0.2) is 0 Å². The van der Waals surface area contributed by atoms with Gasteiger partial charge in [-0.15, -0.1) is 0 Å². The van der Waals surface area contributed by atoms with Crippen LogP contribution in [0.2, 0.25) is 0 Å². The van der Waals surface area contributed by atoms with Crippen molar-refractivity contribution in [1.29, 1.82) is 0 Å². The van der Waals surface area contributed by atoms with E-state index in [0.717, 1.165) is 32.4 Å². The van der Waals surface area contributed by atoms with Crippen LogP contribution in [0.25, 0.3) is 0 Å². The van der Waals surface area contributed by atoms with E-state index >= 15 is 0 Å². The monoisotopic (exact) mass is 273 g/mol. The van der Waals surface area contributed by atoms with E-state index in [0.29, 0.717) is 5.92 Å². The number of hydrogen-bond acceptors (Lipinski definition) is 2. The minimum atomic E-state index is -0.655. The molecule has 1 heterocycles. The summed E-state index contributed by atoms with van der Waals surface area (Å²) in [7, 11) is 2.18. The summed E-state index contributed by atoms with van der Waals surface area (Å²) < 4.78 is 0. The zero-order valence-electron chi connectivity index (χ0n) is 13.2. The summed E-state index contributed by atoms with van der Waals surface area (Å²) in [6, 6.07) is 6.60. The van der Waals surface area contributed by atoms with Gasteiger partial charge in [-0.25, -0.2) is 0 Å². The number of fused-ring (bicyclic) bond motifs is 1. The van der Waals surface area contributed by atoms with Crippen LogP contribution in [0.15, 0.2) is 18.2 Å². The molecule has 1 aromatic rings. The first kappa shape index (κ1) is 14.1. The highest BCUT2D eigenvalue weighted by molar-refractivity contribution is 5.43. The van der Waals surface area contributed by atoms with E-state index in [1.807, 2.05) is 0 Å². The van der Waals surface area contributed by atoms with E-state index in [9.17, 15) is 5.11 Å². The number of hydrogen-bond donors (Lipinski definition) is 1. The van der Waals surface area contributed by atoms with Gasteiger partial charge in [-0.3, -0.25) is 0 Å². The SMILES string of the molecule is Cc1ccc2c(c1)CC(C)(C)C2(O)C1CCN(C)CC1. The quantitative estimate of drug-likeness (QED) is 0.850. The van der Waals surface area contributed by atoms with Crippen LogP contribution in [0, 0.1) is 18.3 Å². The molecule has 0 aromatic heterocycles.